The number of fused-ring (bicyclic) bond motifs is 4. The van der Waals surface area contributed by atoms with E-state index in [0.717, 1.165) is 47.6 Å². The number of carbonyl (C=O) groups excluding carboxylic acids is 2. The minimum atomic E-state index is -0.519. The van der Waals surface area contributed by atoms with Gasteiger partial charge in [0.2, 0.25) is 0 Å². The predicted molar refractivity (Wildman–Crippen MR) is 198 cm³/mol. The van der Waals surface area contributed by atoms with Crippen LogP contribution in [0, 0.1) is 0 Å². The molecule has 0 bridgehead atoms. The molecule has 49 heavy (non-hydrogen) atoms. The number of ether oxygens (including phenoxy) is 4. The molecule has 2 unspecified atom stereocenters. The molecule has 0 aromatic heterocycles. The normalized spacial score (nSPS) is 12.6. The van der Waals surface area contributed by atoms with E-state index in [-0.39, 0.29) is 13.2 Å². The fourth-order valence-corrected chi connectivity index (χ4v) is 6.35. The number of carbonyl (C=O) groups is 2. The first-order valence-electron chi connectivity index (χ1n) is 16.1. The Bertz CT molecular complexity index is 2350. The average molecular weight is 714 g/mol. The van der Waals surface area contributed by atoms with Crippen LogP contribution < -0.4 is 9.47 Å². The molecule has 7 heteroatoms. The van der Waals surface area contributed by atoms with Gasteiger partial charge in [-0.1, -0.05) is 101 Å². The Morgan fingerprint density at radius 1 is 0.510 bits per heavy atom. The molecule has 0 aliphatic heterocycles. The molecule has 0 aliphatic carbocycles. The first-order chi connectivity index (χ1) is 23.8. The molecule has 244 valence electrons. The third kappa shape index (κ3) is 6.94. The van der Waals surface area contributed by atoms with Gasteiger partial charge in [0.15, 0.2) is 0 Å². The molecule has 0 saturated carbocycles. The van der Waals surface area contributed by atoms with Gasteiger partial charge in [-0.2, -0.15) is 0 Å². The first-order valence-corrected chi connectivity index (χ1v) is 16.9. The summed E-state index contributed by atoms with van der Waals surface area (Å²) in [5, 5.41) is 7.43. The van der Waals surface area contributed by atoms with E-state index in [1.54, 1.807) is 12.1 Å². The Labute approximate surface area is 292 Å². The summed E-state index contributed by atoms with van der Waals surface area (Å²) < 4.78 is 25.3. The second-order valence-electron chi connectivity index (χ2n) is 12.1. The molecule has 7 aromatic carbocycles. The van der Waals surface area contributed by atoms with Crippen LogP contribution in [-0.2, 0) is 9.47 Å². The van der Waals surface area contributed by atoms with Crippen molar-refractivity contribution >= 4 is 71.0 Å². The zero-order valence-corrected chi connectivity index (χ0v) is 28.6. The Balaban J connectivity index is 1.09. The molecule has 0 saturated heterocycles. The van der Waals surface area contributed by atoms with Gasteiger partial charge in [-0.3, -0.25) is 0 Å². The molecule has 7 aromatic rings. The van der Waals surface area contributed by atoms with Crippen LogP contribution in [0.2, 0.25) is 0 Å². The lowest BCUT2D eigenvalue weighted by Crippen LogP contribution is -2.22. The predicted octanol–water partition coefficient (Wildman–Crippen LogP) is 10.3. The van der Waals surface area contributed by atoms with Gasteiger partial charge in [-0.15, -0.1) is 0 Å². The van der Waals surface area contributed by atoms with E-state index in [9.17, 15) is 9.59 Å². The van der Waals surface area contributed by atoms with Crippen LogP contribution in [-0.4, -0.2) is 37.4 Å². The maximum Gasteiger partial charge on any atom is 0.338 e. The minimum absolute atomic E-state index is 0.146. The van der Waals surface area contributed by atoms with E-state index in [1.165, 1.54) is 0 Å². The van der Waals surface area contributed by atoms with Crippen LogP contribution in [0.25, 0.3) is 43.1 Å². The lowest BCUT2D eigenvalue weighted by Gasteiger charge is -2.21. The molecule has 6 nitrogen and oxygen atoms in total. The maximum absolute atomic E-state index is 13.0. The molecule has 0 aliphatic rings. The first kappa shape index (κ1) is 32.2. The van der Waals surface area contributed by atoms with Crippen LogP contribution in [0.1, 0.15) is 34.6 Å². The monoisotopic (exact) mass is 712 g/mol. The van der Waals surface area contributed by atoms with Crippen molar-refractivity contribution in [1.29, 1.82) is 0 Å². The Hall–Kier alpha value is -5.40. The zero-order chi connectivity index (χ0) is 33.9. The van der Waals surface area contributed by atoms with Gasteiger partial charge in [0.1, 0.15) is 36.9 Å². The summed E-state index contributed by atoms with van der Waals surface area (Å²) in [4.78, 5) is 26.0. The fourth-order valence-electron chi connectivity index (χ4n) is 5.99. The van der Waals surface area contributed by atoms with Crippen molar-refractivity contribution < 1.29 is 28.5 Å². The van der Waals surface area contributed by atoms with E-state index in [1.807, 2.05) is 129 Å². The van der Waals surface area contributed by atoms with Crippen LogP contribution in [0.15, 0.2) is 132 Å². The third-order valence-corrected chi connectivity index (χ3v) is 8.89. The SMILES string of the molecule is CC(COc1c2ccccc2c(OCC(C)OC(=O)c2ccc3ccccc3c2)c2cc(Br)ccc12)OC(=O)c1ccc2ccccc2c1. The highest BCUT2D eigenvalue weighted by Gasteiger charge is 2.20. The third-order valence-electron chi connectivity index (χ3n) is 8.40. The molecule has 7 rings (SSSR count). The quantitative estimate of drug-likeness (QED) is 0.104. The highest BCUT2D eigenvalue weighted by atomic mass is 79.9. The molecule has 0 spiro atoms. The van der Waals surface area contributed by atoms with Gasteiger partial charge in [-0.25, -0.2) is 9.59 Å². The van der Waals surface area contributed by atoms with Crippen molar-refractivity contribution in [3.05, 3.63) is 143 Å². The number of rotatable bonds is 10. The summed E-state index contributed by atoms with van der Waals surface area (Å²) in [6.07, 6.45) is -1.04. The molecule has 0 heterocycles. The van der Waals surface area contributed by atoms with Crippen LogP contribution >= 0.6 is 15.9 Å². The minimum Gasteiger partial charge on any atom is -0.488 e. The highest BCUT2D eigenvalue weighted by Crippen LogP contribution is 2.44. The standard InChI is InChI=1S/C42H33BrO6/c1-26(48-41(44)32-17-15-28-9-3-5-11-30(28)21-32)24-46-39-35-13-7-8-14-36(35)40(38-23-34(43)19-20-37(38)39)47-25-27(2)49-42(45)33-18-16-29-10-4-6-12-31(29)22-33/h3-23,26-27H,24-25H2,1-2H3. The number of benzene rings is 7. The summed E-state index contributed by atoms with van der Waals surface area (Å²) in [5.41, 5.74) is 0.981. The number of hydrogen-bond acceptors (Lipinski definition) is 6. The van der Waals surface area contributed by atoms with E-state index < -0.39 is 24.1 Å². The lowest BCUT2D eigenvalue weighted by atomic mass is 10.0. The summed E-state index contributed by atoms with van der Waals surface area (Å²) in [5.74, 6) is 0.511. The van der Waals surface area contributed by atoms with Crippen LogP contribution in [0.5, 0.6) is 11.5 Å². The number of hydrogen-bond donors (Lipinski definition) is 0. The van der Waals surface area contributed by atoms with E-state index in [2.05, 4.69) is 15.9 Å². The van der Waals surface area contributed by atoms with Gasteiger partial charge >= 0.3 is 11.9 Å². The fraction of sp³-hybridized carbons (Fsp3) is 0.143. The Morgan fingerprint density at radius 2 is 0.939 bits per heavy atom. The van der Waals surface area contributed by atoms with Crippen molar-refractivity contribution in [2.75, 3.05) is 13.2 Å². The van der Waals surface area contributed by atoms with Crippen molar-refractivity contribution in [2.45, 2.75) is 26.1 Å². The van der Waals surface area contributed by atoms with E-state index in [0.29, 0.717) is 22.6 Å². The van der Waals surface area contributed by atoms with Crippen LogP contribution in [0.3, 0.4) is 0 Å². The van der Waals surface area contributed by atoms with Gasteiger partial charge in [0.05, 0.1) is 11.1 Å². The summed E-state index contributed by atoms with van der Waals surface area (Å²) >= 11 is 3.61. The van der Waals surface area contributed by atoms with Crippen molar-refractivity contribution in [3.8, 4) is 11.5 Å². The van der Waals surface area contributed by atoms with Crippen molar-refractivity contribution in [2.24, 2.45) is 0 Å². The Morgan fingerprint density at radius 3 is 1.45 bits per heavy atom. The number of esters is 2. The molecule has 2 atom stereocenters. The van der Waals surface area contributed by atoms with E-state index >= 15 is 0 Å². The van der Waals surface area contributed by atoms with Crippen LogP contribution in [0.4, 0.5) is 0 Å². The number of halogens is 1. The smallest absolute Gasteiger partial charge is 0.338 e. The molecule has 0 fully saturated rings. The lowest BCUT2D eigenvalue weighted by molar-refractivity contribution is 0.0222. The Kier molecular flexibility index (Phi) is 9.18. The summed E-state index contributed by atoms with van der Waals surface area (Å²) in [7, 11) is 0. The molecule has 0 amide bonds. The average Bonchev–Trinajstić information content (AvgIpc) is 3.12. The second kappa shape index (κ2) is 14.0. The van der Waals surface area contributed by atoms with Gasteiger partial charge in [0.25, 0.3) is 0 Å². The molecular weight excluding hydrogens is 680 g/mol. The van der Waals surface area contributed by atoms with Gasteiger partial charge in [-0.05, 0) is 77.9 Å². The molecular formula is C42H33BrO6. The largest absolute Gasteiger partial charge is 0.488 e. The summed E-state index contributed by atoms with van der Waals surface area (Å²) in [6, 6.07) is 40.6. The van der Waals surface area contributed by atoms with E-state index in [4.69, 9.17) is 18.9 Å². The van der Waals surface area contributed by atoms with Crippen molar-refractivity contribution in [3.63, 3.8) is 0 Å². The maximum atomic E-state index is 13.0. The second-order valence-corrected chi connectivity index (χ2v) is 13.0. The topological polar surface area (TPSA) is 71.1 Å². The zero-order valence-electron chi connectivity index (χ0n) is 27.0. The van der Waals surface area contributed by atoms with Gasteiger partial charge < -0.3 is 18.9 Å². The summed E-state index contributed by atoms with van der Waals surface area (Å²) in [6.45, 7) is 3.93. The molecule has 0 N–H and O–H groups in total. The van der Waals surface area contributed by atoms with Crippen molar-refractivity contribution in [1.82, 2.24) is 0 Å². The highest BCUT2D eigenvalue weighted by molar-refractivity contribution is 9.10. The van der Waals surface area contributed by atoms with Gasteiger partial charge in [0, 0.05) is 26.0 Å². The molecule has 0 radical (unpaired) electrons.